The molecular weight excluding hydrogens is 226 g/mol. The Labute approximate surface area is 96.5 Å². The fourth-order valence-corrected chi connectivity index (χ4v) is 2.00. The van der Waals surface area contributed by atoms with Crippen LogP contribution in [0.3, 0.4) is 0 Å². The van der Waals surface area contributed by atoms with Crippen LogP contribution in [0.15, 0.2) is 17.6 Å². The summed E-state index contributed by atoms with van der Waals surface area (Å²) in [5.74, 6) is -0.364. The molecular formula is C10H11N3O2S. The number of carbonyl (C=O) groups is 1. The Hall–Kier alpha value is -1.82. The minimum atomic E-state index is -0.364. The number of nitrogens with two attached hydrogens (primary N) is 1. The molecule has 0 radical (unpaired) electrons. The van der Waals surface area contributed by atoms with Crippen LogP contribution in [0.25, 0.3) is 11.3 Å². The molecule has 0 aliphatic rings. The summed E-state index contributed by atoms with van der Waals surface area (Å²) in [7, 11) is 3.14. The molecule has 0 aliphatic carbocycles. The van der Waals surface area contributed by atoms with Crippen LogP contribution in [0.4, 0.5) is 5.13 Å². The number of nitrogen functional groups attached to an aromatic ring is 1. The van der Waals surface area contributed by atoms with Crippen LogP contribution in [0.5, 0.6) is 0 Å². The van der Waals surface area contributed by atoms with Crippen molar-refractivity contribution in [3.05, 3.63) is 23.3 Å². The molecule has 5 nitrogen and oxygen atoms in total. The van der Waals surface area contributed by atoms with Crippen molar-refractivity contribution in [2.24, 2.45) is 7.05 Å². The molecule has 0 spiro atoms. The van der Waals surface area contributed by atoms with Gasteiger partial charge in [0, 0.05) is 24.2 Å². The summed E-state index contributed by atoms with van der Waals surface area (Å²) in [5.41, 5.74) is 7.67. The summed E-state index contributed by atoms with van der Waals surface area (Å²) >= 11 is 1.37. The highest BCUT2D eigenvalue weighted by molar-refractivity contribution is 7.13. The third-order valence-electron chi connectivity index (χ3n) is 2.22. The maximum Gasteiger partial charge on any atom is 0.354 e. The summed E-state index contributed by atoms with van der Waals surface area (Å²) in [6.45, 7) is 0. The molecule has 2 N–H and O–H groups in total. The predicted octanol–water partition coefficient (Wildman–Crippen LogP) is 1.52. The maximum absolute atomic E-state index is 11.4. The second-order valence-electron chi connectivity index (χ2n) is 3.29. The Kier molecular flexibility index (Phi) is 2.66. The van der Waals surface area contributed by atoms with Gasteiger partial charge in [-0.25, -0.2) is 9.78 Å². The van der Waals surface area contributed by atoms with Crippen LogP contribution in [0.2, 0.25) is 0 Å². The van der Waals surface area contributed by atoms with Crippen molar-refractivity contribution in [2.75, 3.05) is 12.8 Å². The molecule has 0 saturated heterocycles. The molecule has 2 heterocycles. The maximum atomic E-state index is 11.4. The zero-order valence-electron chi connectivity index (χ0n) is 8.93. The molecule has 0 unspecified atom stereocenters. The summed E-state index contributed by atoms with van der Waals surface area (Å²) < 4.78 is 6.37. The average molecular weight is 237 g/mol. The number of esters is 1. The lowest BCUT2D eigenvalue weighted by atomic mass is 10.2. The number of nitrogens with zero attached hydrogens (tertiary/aromatic N) is 2. The smallest absolute Gasteiger partial charge is 0.354 e. The first-order valence-electron chi connectivity index (χ1n) is 4.58. The van der Waals surface area contributed by atoms with Crippen LogP contribution in [-0.2, 0) is 11.8 Å². The number of thiazole rings is 1. The molecule has 0 atom stereocenters. The van der Waals surface area contributed by atoms with Gasteiger partial charge in [0.1, 0.15) is 5.69 Å². The number of methoxy groups -OCH3 is 1. The zero-order chi connectivity index (χ0) is 11.7. The molecule has 16 heavy (non-hydrogen) atoms. The first kappa shape index (κ1) is 10.7. The van der Waals surface area contributed by atoms with E-state index in [0.29, 0.717) is 10.8 Å². The van der Waals surface area contributed by atoms with E-state index in [2.05, 4.69) is 9.72 Å². The Morgan fingerprint density at radius 2 is 2.38 bits per heavy atom. The molecule has 0 saturated carbocycles. The quantitative estimate of drug-likeness (QED) is 0.804. The summed E-state index contributed by atoms with van der Waals surface area (Å²) in [4.78, 5) is 15.5. The van der Waals surface area contributed by atoms with E-state index in [9.17, 15) is 4.79 Å². The highest BCUT2D eigenvalue weighted by Crippen LogP contribution is 2.24. The minimum absolute atomic E-state index is 0.364. The normalized spacial score (nSPS) is 10.4. The van der Waals surface area contributed by atoms with Gasteiger partial charge in [0.2, 0.25) is 0 Å². The summed E-state index contributed by atoms with van der Waals surface area (Å²) in [5, 5.41) is 2.37. The van der Waals surface area contributed by atoms with Gasteiger partial charge in [0.15, 0.2) is 5.13 Å². The largest absolute Gasteiger partial charge is 0.464 e. The fraction of sp³-hybridized carbons (Fsp3) is 0.200. The van der Waals surface area contributed by atoms with Crippen LogP contribution in [-0.4, -0.2) is 22.6 Å². The second kappa shape index (κ2) is 3.97. The topological polar surface area (TPSA) is 70.1 Å². The van der Waals surface area contributed by atoms with Gasteiger partial charge in [-0.2, -0.15) is 0 Å². The molecule has 6 heteroatoms. The molecule has 2 aromatic heterocycles. The highest BCUT2D eigenvalue weighted by Gasteiger charge is 2.13. The van der Waals surface area contributed by atoms with Crippen molar-refractivity contribution in [1.29, 1.82) is 0 Å². The predicted molar refractivity (Wildman–Crippen MR) is 62.3 cm³/mol. The van der Waals surface area contributed by atoms with E-state index in [-0.39, 0.29) is 5.97 Å². The van der Waals surface area contributed by atoms with Crippen molar-refractivity contribution in [3.63, 3.8) is 0 Å². The van der Waals surface area contributed by atoms with Gasteiger partial charge in [0.25, 0.3) is 0 Å². The number of hydrogen-bond acceptors (Lipinski definition) is 5. The van der Waals surface area contributed by atoms with Gasteiger partial charge in [-0.15, -0.1) is 11.3 Å². The molecule has 0 fully saturated rings. The van der Waals surface area contributed by atoms with E-state index >= 15 is 0 Å². The molecule has 0 aliphatic heterocycles. The molecule has 0 bridgehead atoms. The van der Waals surface area contributed by atoms with Gasteiger partial charge >= 0.3 is 5.97 Å². The van der Waals surface area contributed by atoms with E-state index in [0.717, 1.165) is 11.3 Å². The molecule has 0 amide bonds. The van der Waals surface area contributed by atoms with Crippen LogP contribution in [0, 0.1) is 0 Å². The SMILES string of the molecule is COC(=O)c1cc(-c2csc(N)n2)cn1C. The van der Waals surface area contributed by atoms with Crippen LogP contribution < -0.4 is 5.73 Å². The number of carbonyl (C=O) groups excluding carboxylic acids is 1. The lowest BCUT2D eigenvalue weighted by molar-refractivity contribution is 0.0590. The molecule has 2 rings (SSSR count). The Morgan fingerprint density at radius 1 is 1.62 bits per heavy atom. The third-order valence-corrected chi connectivity index (χ3v) is 2.89. The van der Waals surface area contributed by atoms with Crippen molar-refractivity contribution >= 4 is 22.4 Å². The standard InChI is InChI=1S/C10H11N3O2S/c1-13-4-6(3-8(13)9(14)15-2)7-5-16-10(11)12-7/h3-5H,1-2H3,(H2,11,12). The third kappa shape index (κ3) is 1.79. The van der Waals surface area contributed by atoms with Crippen molar-refractivity contribution in [3.8, 4) is 11.3 Å². The second-order valence-corrected chi connectivity index (χ2v) is 4.18. The van der Waals surface area contributed by atoms with E-state index in [4.69, 9.17) is 5.73 Å². The number of hydrogen-bond donors (Lipinski definition) is 1. The Balaban J connectivity index is 2.41. The van der Waals surface area contributed by atoms with Crippen molar-refractivity contribution in [2.45, 2.75) is 0 Å². The summed E-state index contributed by atoms with van der Waals surface area (Å²) in [6.07, 6.45) is 1.82. The minimum Gasteiger partial charge on any atom is -0.464 e. The van der Waals surface area contributed by atoms with Gasteiger partial charge in [-0.1, -0.05) is 0 Å². The number of anilines is 1. The van der Waals surface area contributed by atoms with Crippen molar-refractivity contribution in [1.82, 2.24) is 9.55 Å². The van der Waals surface area contributed by atoms with Crippen molar-refractivity contribution < 1.29 is 9.53 Å². The number of rotatable bonds is 2. The molecule has 0 aromatic carbocycles. The van der Waals surface area contributed by atoms with E-state index in [1.165, 1.54) is 18.4 Å². The summed E-state index contributed by atoms with van der Waals surface area (Å²) in [6, 6.07) is 1.74. The van der Waals surface area contributed by atoms with E-state index in [1.54, 1.807) is 17.7 Å². The lowest BCUT2D eigenvalue weighted by Crippen LogP contribution is -2.06. The highest BCUT2D eigenvalue weighted by atomic mass is 32.1. The first-order chi connectivity index (χ1) is 7.61. The average Bonchev–Trinajstić information content (AvgIpc) is 2.83. The van der Waals surface area contributed by atoms with Gasteiger partial charge in [0.05, 0.1) is 12.8 Å². The van der Waals surface area contributed by atoms with Gasteiger partial charge < -0.3 is 15.0 Å². The number of ether oxygens (including phenoxy) is 1. The molecule has 2 aromatic rings. The van der Waals surface area contributed by atoms with Gasteiger partial charge in [-0.3, -0.25) is 0 Å². The lowest BCUT2D eigenvalue weighted by Gasteiger charge is -1.98. The Morgan fingerprint density at radius 3 is 2.94 bits per heavy atom. The first-order valence-corrected chi connectivity index (χ1v) is 5.46. The Bertz CT molecular complexity index is 530. The monoisotopic (exact) mass is 237 g/mol. The number of aromatic nitrogens is 2. The van der Waals surface area contributed by atoms with E-state index in [1.807, 2.05) is 11.6 Å². The van der Waals surface area contributed by atoms with E-state index < -0.39 is 0 Å². The fourth-order valence-electron chi connectivity index (χ4n) is 1.43. The number of aryl methyl sites for hydroxylation is 1. The van der Waals surface area contributed by atoms with Gasteiger partial charge in [-0.05, 0) is 6.07 Å². The van der Waals surface area contributed by atoms with Crippen LogP contribution >= 0.6 is 11.3 Å². The van der Waals surface area contributed by atoms with Crippen LogP contribution in [0.1, 0.15) is 10.5 Å². The zero-order valence-corrected chi connectivity index (χ0v) is 9.75. The molecule has 84 valence electrons.